The Morgan fingerprint density at radius 1 is 1.53 bits per heavy atom. The maximum absolute atomic E-state index is 5.84. The Bertz CT molecular complexity index is 286. The van der Waals surface area contributed by atoms with E-state index in [1.807, 2.05) is 6.92 Å². The Morgan fingerprint density at radius 3 is 2.87 bits per heavy atom. The summed E-state index contributed by atoms with van der Waals surface area (Å²) in [5.41, 5.74) is 6.97. The van der Waals surface area contributed by atoms with Crippen LogP contribution in [0, 0.1) is 0 Å². The van der Waals surface area contributed by atoms with E-state index >= 15 is 0 Å². The molecular weight excluding hydrogens is 208 g/mol. The van der Waals surface area contributed by atoms with Gasteiger partial charge in [0.05, 0.1) is 10.7 Å². The summed E-state index contributed by atoms with van der Waals surface area (Å²) in [6, 6.07) is 0.166. The van der Waals surface area contributed by atoms with Gasteiger partial charge in [0.1, 0.15) is 0 Å². The van der Waals surface area contributed by atoms with Crippen molar-refractivity contribution in [2.45, 2.75) is 38.6 Å². The largest absolute Gasteiger partial charge is 0.385 e. The van der Waals surface area contributed by atoms with Crippen LogP contribution in [0.3, 0.4) is 0 Å². The number of aryl methyl sites for hydroxylation is 1. The molecule has 2 unspecified atom stereocenters. The predicted octanol–water partition coefficient (Wildman–Crippen LogP) is 2.17. The SMILES string of the molecule is COCCCc1nc(C(C)C(C)N)cs1. The molecule has 0 fully saturated rings. The zero-order valence-corrected chi connectivity index (χ0v) is 10.5. The summed E-state index contributed by atoms with van der Waals surface area (Å²) < 4.78 is 5.01. The summed E-state index contributed by atoms with van der Waals surface area (Å²) in [5.74, 6) is 0.345. The van der Waals surface area contributed by atoms with Gasteiger partial charge >= 0.3 is 0 Å². The molecule has 1 heterocycles. The molecule has 1 aromatic rings. The topological polar surface area (TPSA) is 48.1 Å². The highest BCUT2D eigenvalue weighted by atomic mass is 32.1. The smallest absolute Gasteiger partial charge is 0.0929 e. The van der Waals surface area contributed by atoms with Crippen LogP contribution in [0.2, 0.25) is 0 Å². The summed E-state index contributed by atoms with van der Waals surface area (Å²) in [7, 11) is 1.73. The van der Waals surface area contributed by atoms with Gasteiger partial charge in [0, 0.05) is 37.5 Å². The molecule has 0 saturated carbocycles. The Kier molecular flexibility index (Phi) is 5.22. The summed E-state index contributed by atoms with van der Waals surface area (Å²) in [4.78, 5) is 4.59. The second kappa shape index (κ2) is 6.20. The average Bonchev–Trinajstić information content (AvgIpc) is 2.65. The zero-order chi connectivity index (χ0) is 11.3. The van der Waals surface area contributed by atoms with E-state index in [-0.39, 0.29) is 6.04 Å². The van der Waals surface area contributed by atoms with Crippen molar-refractivity contribution in [1.29, 1.82) is 0 Å². The molecule has 0 radical (unpaired) electrons. The summed E-state index contributed by atoms with van der Waals surface area (Å²) in [5, 5.41) is 3.31. The van der Waals surface area contributed by atoms with Crippen molar-refractivity contribution in [3.63, 3.8) is 0 Å². The number of ether oxygens (including phenoxy) is 1. The van der Waals surface area contributed by atoms with Gasteiger partial charge in [-0.05, 0) is 13.3 Å². The van der Waals surface area contributed by atoms with E-state index in [2.05, 4.69) is 17.3 Å². The number of thiazole rings is 1. The lowest BCUT2D eigenvalue weighted by atomic mass is 10.0. The lowest BCUT2D eigenvalue weighted by Crippen LogP contribution is -2.22. The Morgan fingerprint density at radius 2 is 2.27 bits per heavy atom. The fraction of sp³-hybridized carbons (Fsp3) is 0.727. The highest BCUT2D eigenvalue weighted by molar-refractivity contribution is 7.09. The molecule has 1 aromatic heterocycles. The van der Waals surface area contributed by atoms with Crippen molar-refractivity contribution in [3.05, 3.63) is 16.1 Å². The van der Waals surface area contributed by atoms with Crippen LogP contribution in [0.25, 0.3) is 0 Å². The predicted molar refractivity (Wildman–Crippen MR) is 64.4 cm³/mol. The van der Waals surface area contributed by atoms with E-state index in [4.69, 9.17) is 10.5 Å². The van der Waals surface area contributed by atoms with Gasteiger partial charge in [0.2, 0.25) is 0 Å². The monoisotopic (exact) mass is 228 g/mol. The number of hydrogen-bond acceptors (Lipinski definition) is 4. The molecule has 2 atom stereocenters. The third-order valence-corrected chi connectivity index (χ3v) is 3.49. The number of methoxy groups -OCH3 is 1. The second-order valence-corrected chi connectivity index (χ2v) is 4.85. The number of hydrogen-bond donors (Lipinski definition) is 1. The number of rotatable bonds is 6. The minimum Gasteiger partial charge on any atom is -0.385 e. The zero-order valence-electron chi connectivity index (χ0n) is 9.69. The van der Waals surface area contributed by atoms with E-state index in [9.17, 15) is 0 Å². The van der Waals surface area contributed by atoms with Crippen molar-refractivity contribution in [2.75, 3.05) is 13.7 Å². The van der Waals surface area contributed by atoms with Crippen LogP contribution in [0.1, 0.15) is 36.9 Å². The quantitative estimate of drug-likeness (QED) is 0.759. The highest BCUT2D eigenvalue weighted by Crippen LogP contribution is 2.21. The van der Waals surface area contributed by atoms with Crippen LogP contribution >= 0.6 is 11.3 Å². The fourth-order valence-electron chi connectivity index (χ4n) is 1.29. The second-order valence-electron chi connectivity index (χ2n) is 3.91. The van der Waals surface area contributed by atoms with Crippen LogP contribution in [0.5, 0.6) is 0 Å². The van der Waals surface area contributed by atoms with E-state index in [1.165, 1.54) is 5.01 Å². The molecule has 0 amide bonds. The van der Waals surface area contributed by atoms with E-state index in [0.29, 0.717) is 5.92 Å². The molecule has 0 aliphatic rings. The van der Waals surface area contributed by atoms with Crippen molar-refractivity contribution < 1.29 is 4.74 Å². The highest BCUT2D eigenvalue weighted by Gasteiger charge is 2.13. The minimum atomic E-state index is 0.166. The van der Waals surface area contributed by atoms with Crippen LogP contribution in [0.15, 0.2) is 5.38 Å². The van der Waals surface area contributed by atoms with Crippen LogP contribution < -0.4 is 5.73 Å². The molecular formula is C11H20N2OS. The standard InChI is InChI=1S/C11H20N2OS/c1-8(9(2)12)10-7-15-11(13-10)5-4-6-14-3/h7-9H,4-6,12H2,1-3H3. The first kappa shape index (κ1) is 12.6. The summed E-state index contributed by atoms with van der Waals surface area (Å²) >= 11 is 1.72. The first-order chi connectivity index (χ1) is 7.15. The van der Waals surface area contributed by atoms with Crippen LogP contribution in [-0.2, 0) is 11.2 Å². The van der Waals surface area contributed by atoms with Crippen LogP contribution in [0.4, 0.5) is 0 Å². The van der Waals surface area contributed by atoms with Crippen molar-refractivity contribution in [3.8, 4) is 0 Å². The average molecular weight is 228 g/mol. The van der Waals surface area contributed by atoms with Crippen molar-refractivity contribution >= 4 is 11.3 Å². The van der Waals surface area contributed by atoms with Crippen LogP contribution in [-0.4, -0.2) is 24.7 Å². The molecule has 1 rings (SSSR count). The van der Waals surface area contributed by atoms with Gasteiger partial charge in [0.25, 0.3) is 0 Å². The molecule has 15 heavy (non-hydrogen) atoms. The Balaban J connectivity index is 2.48. The third kappa shape index (κ3) is 3.89. The fourth-order valence-corrected chi connectivity index (χ4v) is 2.23. The molecule has 0 spiro atoms. The summed E-state index contributed by atoms with van der Waals surface area (Å²) in [6.45, 7) is 4.95. The normalized spacial score (nSPS) is 15.2. The molecule has 3 nitrogen and oxygen atoms in total. The van der Waals surface area contributed by atoms with Crippen molar-refractivity contribution in [1.82, 2.24) is 4.98 Å². The van der Waals surface area contributed by atoms with Gasteiger partial charge in [-0.25, -0.2) is 4.98 Å². The van der Waals surface area contributed by atoms with Crippen molar-refractivity contribution in [2.24, 2.45) is 5.73 Å². The maximum atomic E-state index is 5.84. The van der Waals surface area contributed by atoms with Gasteiger partial charge in [-0.3, -0.25) is 0 Å². The minimum absolute atomic E-state index is 0.166. The first-order valence-corrected chi connectivity index (χ1v) is 6.22. The molecule has 2 N–H and O–H groups in total. The number of nitrogens with zero attached hydrogens (tertiary/aromatic N) is 1. The number of nitrogens with two attached hydrogens (primary N) is 1. The molecule has 86 valence electrons. The molecule has 0 aliphatic carbocycles. The first-order valence-electron chi connectivity index (χ1n) is 5.34. The van der Waals surface area contributed by atoms with E-state index in [1.54, 1.807) is 18.4 Å². The van der Waals surface area contributed by atoms with E-state index in [0.717, 1.165) is 25.1 Å². The molecule has 0 aliphatic heterocycles. The Labute approximate surface area is 95.7 Å². The van der Waals surface area contributed by atoms with Gasteiger partial charge < -0.3 is 10.5 Å². The Hall–Kier alpha value is -0.450. The van der Waals surface area contributed by atoms with Gasteiger partial charge in [-0.1, -0.05) is 6.92 Å². The third-order valence-electron chi connectivity index (χ3n) is 2.56. The van der Waals surface area contributed by atoms with Gasteiger partial charge in [-0.2, -0.15) is 0 Å². The lowest BCUT2D eigenvalue weighted by Gasteiger charge is -2.11. The molecule has 0 saturated heterocycles. The molecule has 0 bridgehead atoms. The molecule has 4 heteroatoms. The molecule has 0 aromatic carbocycles. The lowest BCUT2D eigenvalue weighted by molar-refractivity contribution is 0.195. The number of aromatic nitrogens is 1. The van der Waals surface area contributed by atoms with Gasteiger partial charge in [-0.15, -0.1) is 11.3 Å². The van der Waals surface area contributed by atoms with E-state index < -0.39 is 0 Å². The maximum Gasteiger partial charge on any atom is 0.0929 e. The summed E-state index contributed by atoms with van der Waals surface area (Å²) in [6.07, 6.45) is 2.04. The van der Waals surface area contributed by atoms with Gasteiger partial charge in [0.15, 0.2) is 0 Å².